The van der Waals surface area contributed by atoms with Gasteiger partial charge in [-0.05, 0) is 17.7 Å². The maximum Gasteiger partial charge on any atom is 0.471 e. The number of amides is 1. The van der Waals surface area contributed by atoms with E-state index >= 15 is 0 Å². The Hall–Kier alpha value is -2.79. The Balaban J connectivity index is 2.39. The fraction of sp³-hybridized carbons (Fsp3) is 0.278. The van der Waals surface area contributed by atoms with E-state index in [1.807, 2.05) is 0 Å². The Morgan fingerprint density at radius 1 is 1.10 bits per heavy atom. The summed E-state index contributed by atoms with van der Waals surface area (Å²) in [5, 5.41) is 1.63. The van der Waals surface area contributed by atoms with E-state index in [-0.39, 0.29) is 11.4 Å². The topological polar surface area (TPSA) is 108 Å². The number of carbonyl (C=O) groups excluding carboxylic acids is 1. The number of hydrogen-bond acceptors (Lipinski definition) is 6. The summed E-state index contributed by atoms with van der Waals surface area (Å²) < 4.78 is 71.8. The average Bonchev–Trinajstić information content (AvgIpc) is 2.63. The molecule has 0 heterocycles. The minimum Gasteiger partial charge on any atom is -0.481 e. The molecule has 0 radical (unpaired) electrons. The van der Waals surface area contributed by atoms with E-state index in [1.54, 1.807) is 47.8 Å². The SMILES string of the molecule is CS(=O)(=O)O[C@H](CNC(=O)C(F)(F)F)[C@H](Oc1ccccc1N)c1ccccc1. The first kappa shape index (κ1) is 22.5. The third-order valence-corrected chi connectivity index (χ3v) is 4.26. The summed E-state index contributed by atoms with van der Waals surface area (Å²) in [6.07, 6.45) is -7.09. The Morgan fingerprint density at radius 3 is 2.24 bits per heavy atom. The van der Waals surface area contributed by atoms with Crippen molar-refractivity contribution in [1.29, 1.82) is 0 Å². The van der Waals surface area contributed by atoms with E-state index in [0.29, 0.717) is 5.56 Å². The average molecular weight is 432 g/mol. The van der Waals surface area contributed by atoms with E-state index in [1.165, 1.54) is 12.1 Å². The van der Waals surface area contributed by atoms with E-state index in [9.17, 15) is 26.4 Å². The van der Waals surface area contributed by atoms with Crippen LogP contribution in [0.3, 0.4) is 0 Å². The predicted molar refractivity (Wildman–Crippen MR) is 99.4 cm³/mol. The van der Waals surface area contributed by atoms with Crippen molar-refractivity contribution >= 4 is 21.7 Å². The zero-order valence-corrected chi connectivity index (χ0v) is 16.0. The molecule has 2 rings (SSSR count). The molecule has 11 heteroatoms. The van der Waals surface area contributed by atoms with Crippen molar-refractivity contribution in [1.82, 2.24) is 5.32 Å². The molecule has 0 spiro atoms. The van der Waals surface area contributed by atoms with Gasteiger partial charge in [0.15, 0.2) is 6.10 Å². The van der Waals surface area contributed by atoms with Gasteiger partial charge in [-0.15, -0.1) is 0 Å². The first-order valence-electron chi connectivity index (χ1n) is 8.27. The lowest BCUT2D eigenvalue weighted by Gasteiger charge is -2.28. The van der Waals surface area contributed by atoms with Crippen molar-refractivity contribution in [2.75, 3.05) is 18.5 Å². The first-order chi connectivity index (χ1) is 13.5. The maximum atomic E-state index is 12.5. The summed E-state index contributed by atoms with van der Waals surface area (Å²) in [5.74, 6) is -2.06. The third kappa shape index (κ3) is 6.95. The highest BCUT2D eigenvalue weighted by atomic mass is 32.2. The molecule has 2 aromatic carbocycles. The summed E-state index contributed by atoms with van der Waals surface area (Å²) in [6, 6.07) is 14.4. The number of para-hydroxylation sites is 2. The summed E-state index contributed by atoms with van der Waals surface area (Å²) in [5.41, 5.74) is 6.49. The second kappa shape index (κ2) is 9.14. The van der Waals surface area contributed by atoms with Crippen molar-refractivity contribution in [2.45, 2.75) is 18.4 Å². The molecule has 0 saturated carbocycles. The van der Waals surface area contributed by atoms with E-state index in [2.05, 4.69) is 0 Å². The molecule has 0 saturated heterocycles. The van der Waals surface area contributed by atoms with Crippen LogP contribution in [-0.4, -0.2) is 39.4 Å². The van der Waals surface area contributed by atoms with Gasteiger partial charge in [0, 0.05) is 6.54 Å². The fourth-order valence-corrected chi connectivity index (χ4v) is 3.05. The zero-order chi connectivity index (χ0) is 21.7. The van der Waals surface area contributed by atoms with Crippen LogP contribution in [0.4, 0.5) is 18.9 Å². The lowest BCUT2D eigenvalue weighted by molar-refractivity contribution is -0.174. The lowest BCUT2D eigenvalue weighted by atomic mass is 10.0. The van der Waals surface area contributed by atoms with Gasteiger partial charge in [0.05, 0.1) is 11.9 Å². The molecule has 0 bridgehead atoms. The van der Waals surface area contributed by atoms with Crippen LogP contribution in [0, 0.1) is 0 Å². The maximum absolute atomic E-state index is 12.5. The smallest absolute Gasteiger partial charge is 0.471 e. The molecular formula is C18H19F3N2O5S. The van der Waals surface area contributed by atoms with Gasteiger partial charge < -0.3 is 15.8 Å². The summed E-state index contributed by atoms with van der Waals surface area (Å²) in [6.45, 7) is -0.780. The molecule has 2 aromatic rings. The largest absolute Gasteiger partial charge is 0.481 e. The van der Waals surface area contributed by atoms with Crippen LogP contribution in [0.25, 0.3) is 0 Å². The van der Waals surface area contributed by atoms with Crippen LogP contribution >= 0.6 is 0 Å². The highest BCUT2D eigenvalue weighted by molar-refractivity contribution is 7.86. The van der Waals surface area contributed by atoms with Crippen LogP contribution in [0.2, 0.25) is 0 Å². The van der Waals surface area contributed by atoms with Crippen molar-refractivity contribution in [2.24, 2.45) is 0 Å². The molecule has 1 amide bonds. The standard InChI is InChI=1S/C18H19F3N2O5S/c1-29(25,26)28-15(11-23-17(24)18(19,20)21)16(12-7-3-2-4-8-12)27-14-10-6-5-9-13(14)22/h2-10,15-16H,11,22H2,1H3,(H,23,24)/t15-,16-/m1/s1. The van der Waals surface area contributed by atoms with Gasteiger partial charge >= 0.3 is 12.1 Å². The number of halogens is 3. The molecule has 158 valence electrons. The summed E-state index contributed by atoms with van der Waals surface area (Å²) >= 11 is 0. The highest BCUT2D eigenvalue weighted by Gasteiger charge is 2.40. The number of nitrogens with one attached hydrogen (secondary N) is 1. The normalized spacial score (nSPS) is 14.1. The van der Waals surface area contributed by atoms with Crippen LogP contribution in [0.15, 0.2) is 54.6 Å². The van der Waals surface area contributed by atoms with Crippen LogP contribution in [0.5, 0.6) is 5.75 Å². The lowest BCUT2D eigenvalue weighted by Crippen LogP contribution is -2.44. The minimum absolute atomic E-state index is 0.172. The molecule has 3 N–H and O–H groups in total. The zero-order valence-electron chi connectivity index (χ0n) is 15.2. The molecule has 2 atom stereocenters. The minimum atomic E-state index is -5.14. The van der Waals surface area contributed by atoms with Gasteiger partial charge in [0.2, 0.25) is 0 Å². The number of alkyl halides is 3. The van der Waals surface area contributed by atoms with E-state index in [0.717, 1.165) is 6.26 Å². The van der Waals surface area contributed by atoms with E-state index < -0.39 is 41.0 Å². The number of carbonyl (C=O) groups is 1. The van der Waals surface area contributed by atoms with Crippen LogP contribution < -0.4 is 15.8 Å². The van der Waals surface area contributed by atoms with E-state index in [4.69, 9.17) is 14.7 Å². The number of nitrogens with two attached hydrogens (primary N) is 1. The number of hydrogen-bond donors (Lipinski definition) is 2. The predicted octanol–water partition coefficient (Wildman–Crippen LogP) is 2.41. The number of nitrogen functional groups attached to an aromatic ring is 1. The number of rotatable bonds is 8. The van der Waals surface area contributed by atoms with Gasteiger partial charge in [-0.3, -0.25) is 8.98 Å². The number of benzene rings is 2. The Bertz CT molecular complexity index is 936. The van der Waals surface area contributed by atoms with Crippen molar-refractivity contribution < 1.29 is 35.3 Å². The molecule has 0 fully saturated rings. The van der Waals surface area contributed by atoms with Crippen molar-refractivity contribution in [3.8, 4) is 5.75 Å². The quantitative estimate of drug-likeness (QED) is 0.490. The highest BCUT2D eigenvalue weighted by Crippen LogP contribution is 2.31. The molecule has 0 aliphatic rings. The molecular weight excluding hydrogens is 413 g/mol. The van der Waals surface area contributed by atoms with Crippen molar-refractivity contribution in [3.63, 3.8) is 0 Å². The van der Waals surface area contributed by atoms with Crippen LogP contribution in [0.1, 0.15) is 11.7 Å². The Labute approximate surface area is 165 Å². The number of anilines is 1. The van der Waals surface area contributed by atoms with Gasteiger partial charge in [0.25, 0.3) is 10.1 Å². The van der Waals surface area contributed by atoms with Gasteiger partial charge in [0.1, 0.15) is 11.9 Å². The summed E-state index contributed by atoms with van der Waals surface area (Å²) in [7, 11) is -4.11. The monoisotopic (exact) mass is 432 g/mol. The molecule has 0 unspecified atom stereocenters. The second-order valence-corrected chi connectivity index (χ2v) is 7.63. The molecule has 0 aromatic heterocycles. The number of ether oxygens (including phenoxy) is 1. The molecule has 0 aliphatic carbocycles. The third-order valence-electron chi connectivity index (χ3n) is 3.66. The first-order valence-corrected chi connectivity index (χ1v) is 10.1. The van der Waals surface area contributed by atoms with Crippen molar-refractivity contribution in [3.05, 3.63) is 60.2 Å². The molecule has 29 heavy (non-hydrogen) atoms. The second-order valence-electron chi connectivity index (χ2n) is 6.03. The molecule has 0 aliphatic heterocycles. The Kier molecular flexibility index (Phi) is 7.09. The van der Waals surface area contributed by atoms with Gasteiger partial charge in [-0.1, -0.05) is 42.5 Å². The summed E-state index contributed by atoms with van der Waals surface area (Å²) in [4.78, 5) is 11.2. The van der Waals surface area contributed by atoms with Gasteiger partial charge in [-0.2, -0.15) is 21.6 Å². The Morgan fingerprint density at radius 2 is 1.69 bits per heavy atom. The van der Waals surface area contributed by atoms with Crippen LogP contribution in [-0.2, 0) is 19.1 Å². The van der Waals surface area contributed by atoms with Gasteiger partial charge in [-0.25, -0.2) is 0 Å². The molecule has 7 nitrogen and oxygen atoms in total. The fourth-order valence-electron chi connectivity index (χ4n) is 2.44.